The van der Waals surface area contributed by atoms with Crippen molar-refractivity contribution in [2.24, 2.45) is 0 Å². The van der Waals surface area contributed by atoms with Crippen molar-refractivity contribution in [2.75, 3.05) is 0 Å². The van der Waals surface area contributed by atoms with Crippen LogP contribution in [0, 0.1) is 6.92 Å². The molecule has 0 aromatic heterocycles. The van der Waals surface area contributed by atoms with Crippen LogP contribution in [0.1, 0.15) is 58.3 Å². The third kappa shape index (κ3) is 13.2. The van der Waals surface area contributed by atoms with Crippen LogP contribution in [-0.2, 0) is 0 Å². The molecule has 0 fully saturated rings. The van der Waals surface area contributed by atoms with Crippen LogP contribution in [0.4, 0.5) is 0 Å². The van der Waals surface area contributed by atoms with Crippen molar-refractivity contribution >= 4 is 0 Å². The van der Waals surface area contributed by atoms with E-state index in [2.05, 4.69) is 13.8 Å². The monoisotopic (exact) mass is 219 g/mol. The molecule has 0 atom stereocenters. The van der Waals surface area contributed by atoms with E-state index in [9.17, 15) is 0 Å². The molecule has 0 saturated carbocycles. The summed E-state index contributed by atoms with van der Waals surface area (Å²) in [7, 11) is 0. The molecule has 0 amide bonds. The zero-order chi connectivity index (χ0) is 11.9. The molecule has 0 heteroatoms. The number of rotatable bonds is 7. The minimum absolute atomic E-state index is 1.12. The van der Waals surface area contributed by atoms with Crippen LogP contribution in [0.2, 0.25) is 0 Å². The molecule has 0 saturated heterocycles. The standard InChI is InChI=1S/C10H21.C6H6/c1-3-5-7-9-10-8-6-4-2;1-2-4-6-5-3-1/h1,3-10H2,2H3;1-6H. The Bertz CT molecular complexity index is 156. The van der Waals surface area contributed by atoms with Crippen LogP contribution in [0.25, 0.3) is 0 Å². The summed E-state index contributed by atoms with van der Waals surface area (Å²) >= 11 is 0. The van der Waals surface area contributed by atoms with Gasteiger partial charge in [-0.15, -0.1) is 0 Å². The smallest absolute Gasteiger partial charge is 0.0533 e. The highest BCUT2D eigenvalue weighted by Gasteiger charge is 1.87. The van der Waals surface area contributed by atoms with Crippen molar-refractivity contribution in [1.29, 1.82) is 0 Å². The van der Waals surface area contributed by atoms with E-state index in [1.165, 1.54) is 44.9 Å². The average molecular weight is 219 g/mol. The van der Waals surface area contributed by atoms with E-state index < -0.39 is 0 Å². The van der Waals surface area contributed by atoms with Crippen molar-refractivity contribution in [3.05, 3.63) is 43.3 Å². The fourth-order valence-electron chi connectivity index (χ4n) is 1.52. The molecular weight excluding hydrogens is 192 g/mol. The summed E-state index contributed by atoms with van der Waals surface area (Å²) < 4.78 is 0. The number of benzene rings is 1. The summed E-state index contributed by atoms with van der Waals surface area (Å²) in [6, 6.07) is 12.0. The first-order chi connectivity index (χ1) is 7.91. The number of hydrogen-bond donors (Lipinski definition) is 0. The predicted octanol–water partition coefficient (Wildman–Crippen LogP) is 5.65. The molecule has 1 rings (SSSR count). The average Bonchev–Trinajstić information content (AvgIpc) is 2.37. The molecule has 0 N–H and O–H groups in total. The summed E-state index contributed by atoms with van der Waals surface area (Å²) in [5.74, 6) is 0. The van der Waals surface area contributed by atoms with Crippen molar-refractivity contribution in [3.8, 4) is 0 Å². The first kappa shape index (κ1) is 15.2. The minimum atomic E-state index is 1.12. The summed E-state index contributed by atoms with van der Waals surface area (Å²) in [6.07, 6.45) is 10.9. The van der Waals surface area contributed by atoms with Crippen LogP contribution >= 0.6 is 0 Å². The highest BCUT2D eigenvalue weighted by atomic mass is 13.9. The zero-order valence-corrected chi connectivity index (χ0v) is 10.8. The molecule has 1 radical (unpaired) electrons. The molecule has 0 nitrogen and oxygen atoms in total. The van der Waals surface area contributed by atoms with Crippen molar-refractivity contribution in [2.45, 2.75) is 58.3 Å². The SMILES string of the molecule is [CH2]CCCCCCCCC.c1ccccc1. The molecule has 16 heavy (non-hydrogen) atoms. The lowest BCUT2D eigenvalue weighted by atomic mass is 10.1. The van der Waals surface area contributed by atoms with E-state index in [4.69, 9.17) is 0 Å². The van der Waals surface area contributed by atoms with E-state index >= 15 is 0 Å². The van der Waals surface area contributed by atoms with E-state index in [-0.39, 0.29) is 0 Å². The number of hydrogen-bond acceptors (Lipinski definition) is 0. The maximum atomic E-state index is 3.82. The Morgan fingerprint density at radius 3 is 1.38 bits per heavy atom. The van der Waals surface area contributed by atoms with Gasteiger partial charge < -0.3 is 0 Å². The quantitative estimate of drug-likeness (QED) is 0.520. The Hall–Kier alpha value is -0.780. The highest BCUT2D eigenvalue weighted by molar-refractivity contribution is 4.99. The topological polar surface area (TPSA) is 0 Å². The van der Waals surface area contributed by atoms with Crippen LogP contribution in [0.15, 0.2) is 36.4 Å². The lowest BCUT2D eigenvalue weighted by molar-refractivity contribution is 0.592. The van der Waals surface area contributed by atoms with E-state index in [1.54, 1.807) is 0 Å². The Kier molecular flexibility index (Phi) is 13.5. The van der Waals surface area contributed by atoms with Gasteiger partial charge in [-0.1, -0.05) is 102 Å². The second-order valence-electron chi connectivity index (χ2n) is 4.13. The molecule has 0 heterocycles. The second-order valence-corrected chi connectivity index (χ2v) is 4.13. The van der Waals surface area contributed by atoms with Gasteiger partial charge in [-0.2, -0.15) is 0 Å². The summed E-state index contributed by atoms with van der Waals surface area (Å²) in [4.78, 5) is 0. The molecule has 0 spiro atoms. The highest BCUT2D eigenvalue weighted by Crippen LogP contribution is 2.07. The van der Waals surface area contributed by atoms with Gasteiger partial charge in [0.15, 0.2) is 0 Å². The molecular formula is C16H27. The third-order valence-corrected chi connectivity index (χ3v) is 2.52. The molecule has 0 aliphatic heterocycles. The van der Waals surface area contributed by atoms with E-state index in [1.807, 2.05) is 36.4 Å². The van der Waals surface area contributed by atoms with Gasteiger partial charge in [0.1, 0.15) is 0 Å². The predicted molar refractivity (Wildman–Crippen MR) is 74.4 cm³/mol. The summed E-state index contributed by atoms with van der Waals surface area (Å²) in [5, 5.41) is 0. The van der Waals surface area contributed by atoms with Gasteiger partial charge in [-0.05, 0) is 0 Å². The van der Waals surface area contributed by atoms with Crippen molar-refractivity contribution in [3.63, 3.8) is 0 Å². The lowest BCUT2D eigenvalue weighted by Gasteiger charge is -1.97. The third-order valence-electron chi connectivity index (χ3n) is 2.52. The number of unbranched alkanes of at least 4 members (excludes halogenated alkanes) is 7. The first-order valence-corrected chi connectivity index (χ1v) is 6.71. The maximum absolute atomic E-state index is 3.82. The van der Waals surface area contributed by atoms with Crippen molar-refractivity contribution in [1.82, 2.24) is 0 Å². The second kappa shape index (κ2) is 14.2. The normalized spacial score (nSPS) is 9.38. The fraction of sp³-hybridized carbons (Fsp3) is 0.562. The van der Waals surface area contributed by atoms with Crippen LogP contribution in [-0.4, -0.2) is 0 Å². The molecule has 0 bridgehead atoms. The van der Waals surface area contributed by atoms with Gasteiger partial charge in [-0.25, -0.2) is 0 Å². The van der Waals surface area contributed by atoms with Gasteiger partial charge >= 0.3 is 0 Å². The Morgan fingerprint density at radius 1 is 0.625 bits per heavy atom. The molecule has 1 aromatic rings. The maximum Gasteiger partial charge on any atom is -0.0533 e. The first-order valence-electron chi connectivity index (χ1n) is 6.71. The molecule has 91 valence electrons. The fourth-order valence-corrected chi connectivity index (χ4v) is 1.52. The Morgan fingerprint density at radius 2 is 1.00 bits per heavy atom. The lowest BCUT2D eigenvalue weighted by Crippen LogP contribution is -1.77. The summed E-state index contributed by atoms with van der Waals surface area (Å²) in [5.41, 5.74) is 0. The van der Waals surface area contributed by atoms with Crippen LogP contribution < -0.4 is 0 Å². The van der Waals surface area contributed by atoms with Gasteiger partial charge in [0, 0.05) is 0 Å². The molecule has 0 aliphatic rings. The minimum Gasteiger partial charge on any atom is -0.0654 e. The van der Waals surface area contributed by atoms with Crippen LogP contribution in [0.3, 0.4) is 0 Å². The van der Waals surface area contributed by atoms with Gasteiger partial charge in [-0.3, -0.25) is 0 Å². The van der Waals surface area contributed by atoms with Gasteiger partial charge in [0.2, 0.25) is 0 Å². The zero-order valence-electron chi connectivity index (χ0n) is 10.8. The van der Waals surface area contributed by atoms with Crippen LogP contribution in [0.5, 0.6) is 0 Å². The summed E-state index contributed by atoms with van der Waals surface area (Å²) in [6.45, 7) is 6.08. The molecule has 0 unspecified atom stereocenters. The van der Waals surface area contributed by atoms with E-state index in [0.717, 1.165) is 6.42 Å². The van der Waals surface area contributed by atoms with Gasteiger partial charge in [0.25, 0.3) is 0 Å². The van der Waals surface area contributed by atoms with Crippen molar-refractivity contribution < 1.29 is 0 Å². The molecule has 1 aromatic carbocycles. The molecule has 0 aliphatic carbocycles. The Labute approximate surface area is 102 Å². The largest absolute Gasteiger partial charge is 0.0654 e. The van der Waals surface area contributed by atoms with Gasteiger partial charge in [0.05, 0.1) is 0 Å². The Balaban J connectivity index is 0.000000315. The van der Waals surface area contributed by atoms with E-state index in [0.29, 0.717) is 0 Å².